The summed E-state index contributed by atoms with van der Waals surface area (Å²) in [7, 11) is -4.03. The molecule has 0 bridgehead atoms. The molecule has 2 aromatic carbocycles. The number of anilines is 1. The average Bonchev–Trinajstić information content (AvgIpc) is 3.23. The Bertz CT molecular complexity index is 1150. The summed E-state index contributed by atoms with van der Waals surface area (Å²) in [5.74, 6) is -1.16. The van der Waals surface area contributed by atoms with Crippen LogP contribution in [0.25, 0.3) is 10.9 Å². The third-order valence-electron chi connectivity index (χ3n) is 4.82. The summed E-state index contributed by atoms with van der Waals surface area (Å²) < 4.78 is 29.5. The molecule has 1 unspecified atom stereocenters. The fourth-order valence-electron chi connectivity index (χ4n) is 3.56. The van der Waals surface area contributed by atoms with Gasteiger partial charge in [0.2, 0.25) is 0 Å². The van der Waals surface area contributed by atoms with E-state index < -0.39 is 22.0 Å². The highest BCUT2D eigenvalue weighted by Crippen LogP contribution is 2.37. The summed E-state index contributed by atoms with van der Waals surface area (Å²) >= 11 is 0. The zero-order valence-electron chi connectivity index (χ0n) is 14.9. The molecule has 8 heteroatoms. The molecule has 140 valence electrons. The normalized spacial score (nSPS) is 16.9. The van der Waals surface area contributed by atoms with Crippen LogP contribution >= 0.6 is 0 Å². The van der Waals surface area contributed by atoms with Gasteiger partial charge >= 0.3 is 5.97 Å². The molecule has 1 aliphatic heterocycles. The number of aromatic nitrogens is 2. The van der Waals surface area contributed by atoms with Crippen molar-refractivity contribution < 1.29 is 18.3 Å². The maximum atomic E-state index is 13.3. The number of hydrogen-bond acceptors (Lipinski definition) is 4. The molecule has 27 heavy (non-hydrogen) atoms. The molecule has 1 atom stereocenters. The van der Waals surface area contributed by atoms with Gasteiger partial charge in [-0.15, -0.1) is 0 Å². The van der Waals surface area contributed by atoms with Crippen molar-refractivity contribution >= 4 is 32.6 Å². The largest absolute Gasteiger partial charge is 0.480 e. The number of rotatable bonds is 4. The molecule has 2 heterocycles. The minimum atomic E-state index is -4.03. The van der Waals surface area contributed by atoms with E-state index in [2.05, 4.69) is 5.10 Å². The Balaban J connectivity index is 1.85. The Labute approximate surface area is 156 Å². The van der Waals surface area contributed by atoms with Gasteiger partial charge in [0.25, 0.3) is 10.0 Å². The van der Waals surface area contributed by atoms with Gasteiger partial charge in [0.15, 0.2) is 0 Å². The van der Waals surface area contributed by atoms with Gasteiger partial charge in [-0.1, -0.05) is 18.2 Å². The second kappa shape index (κ2) is 6.09. The van der Waals surface area contributed by atoms with Crippen molar-refractivity contribution in [1.82, 2.24) is 9.78 Å². The first-order chi connectivity index (χ1) is 12.8. The first-order valence-corrected chi connectivity index (χ1v) is 10.1. The maximum Gasteiger partial charge on any atom is 0.327 e. The zero-order valence-corrected chi connectivity index (χ0v) is 15.7. The standard InChI is InChI=1S/C19H19N3O4S/c1-12(2)21-16-8-7-15(9-14(16)11-20-21)27(25,26)22-17-6-4-3-5-13(17)10-18(22)19(23)24/h3-9,11-12,18H,10H2,1-2H3,(H,23,24). The molecular weight excluding hydrogens is 366 g/mol. The fourth-order valence-corrected chi connectivity index (χ4v) is 5.24. The van der Waals surface area contributed by atoms with Crippen LogP contribution in [-0.4, -0.2) is 35.3 Å². The second-order valence-corrected chi connectivity index (χ2v) is 8.71. The van der Waals surface area contributed by atoms with Gasteiger partial charge in [0.1, 0.15) is 6.04 Å². The SMILES string of the molecule is CC(C)n1ncc2cc(S(=O)(=O)N3c4ccccc4CC3C(=O)O)ccc21. The molecule has 7 nitrogen and oxygen atoms in total. The molecule has 1 aliphatic rings. The Morgan fingerprint density at radius 1 is 1.22 bits per heavy atom. The molecular formula is C19H19N3O4S. The van der Waals surface area contributed by atoms with E-state index in [-0.39, 0.29) is 17.4 Å². The van der Waals surface area contributed by atoms with Gasteiger partial charge in [-0.05, 0) is 43.7 Å². The Kier molecular flexibility index (Phi) is 3.96. The van der Waals surface area contributed by atoms with Crippen LogP contribution in [0.15, 0.2) is 53.6 Å². The van der Waals surface area contributed by atoms with Crippen LogP contribution in [0, 0.1) is 0 Å². The fraction of sp³-hybridized carbons (Fsp3) is 0.263. The van der Waals surface area contributed by atoms with E-state index in [0.29, 0.717) is 16.6 Å². The average molecular weight is 385 g/mol. The number of carbonyl (C=O) groups is 1. The predicted molar refractivity (Wildman–Crippen MR) is 101 cm³/mol. The highest BCUT2D eigenvalue weighted by molar-refractivity contribution is 7.93. The lowest BCUT2D eigenvalue weighted by atomic mass is 10.1. The van der Waals surface area contributed by atoms with E-state index in [1.165, 1.54) is 6.07 Å². The van der Waals surface area contributed by atoms with Crippen LogP contribution < -0.4 is 4.31 Å². The summed E-state index contributed by atoms with van der Waals surface area (Å²) in [6, 6.07) is 10.7. The van der Waals surface area contributed by atoms with E-state index in [1.807, 2.05) is 18.5 Å². The smallest absolute Gasteiger partial charge is 0.327 e. The number of nitrogens with zero attached hydrogens (tertiary/aromatic N) is 3. The van der Waals surface area contributed by atoms with E-state index in [1.54, 1.807) is 42.6 Å². The number of sulfonamides is 1. The van der Waals surface area contributed by atoms with Crippen LogP contribution in [0.2, 0.25) is 0 Å². The van der Waals surface area contributed by atoms with Crippen LogP contribution in [0.4, 0.5) is 5.69 Å². The lowest BCUT2D eigenvalue weighted by Gasteiger charge is -2.24. The molecule has 0 radical (unpaired) electrons. The molecule has 1 aromatic heterocycles. The molecule has 0 amide bonds. The van der Waals surface area contributed by atoms with Crippen molar-refractivity contribution in [3.8, 4) is 0 Å². The monoisotopic (exact) mass is 385 g/mol. The van der Waals surface area contributed by atoms with Gasteiger partial charge in [-0.25, -0.2) is 13.2 Å². The van der Waals surface area contributed by atoms with Crippen molar-refractivity contribution in [2.45, 2.75) is 37.2 Å². The van der Waals surface area contributed by atoms with Crippen molar-refractivity contribution in [2.75, 3.05) is 4.31 Å². The summed E-state index contributed by atoms with van der Waals surface area (Å²) in [5, 5.41) is 14.6. The number of carboxylic acids is 1. The number of fused-ring (bicyclic) bond motifs is 2. The highest BCUT2D eigenvalue weighted by atomic mass is 32.2. The van der Waals surface area contributed by atoms with Gasteiger partial charge < -0.3 is 5.11 Å². The minimum Gasteiger partial charge on any atom is -0.480 e. The first-order valence-electron chi connectivity index (χ1n) is 8.63. The van der Waals surface area contributed by atoms with Crippen molar-refractivity contribution in [3.05, 3.63) is 54.2 Å². The summed E-state index contributed by atoms with van der Waals surface area (Å²) in [6.07, 6.45) is 1.78. The maximum absolute atomic E-state index is 13.3. The third kappa shape index (κ3) is 2.68. The van der Waals surface area contributed by atoms with Crippen molar-refractivity contribution in [1.29, 1.82) is 0 Å². The second-order valence-electron chi connectivity index (χ2n) is 6.89. The zero-order chi connectivity index (χ0) is 19.3. The molecule has 0 saturated carbocycles. The minimum absolute atomic E-state index is 0.0567. The van der Waals surface area contributed by atoms with Crippen LogP contribution in [0.3, 0.4) is 0 Å². The molecule has 0 saturated heterocycles. The number of hydrogen-bond donors (Lipinski definition) is 1. The van der Waals surface area contributed by atoms with Gasteiger partial charge in [0, 0.05) is 17.8 Å². The first kappa shape index (κ1) is 17.5. The quantitative estimate of drug-likeness (QED) is 0.745. The Morgan fingerprint density at radius 2 is 1.96 bits per heavy atom. The Hall–Kier alpha value is -2.87. The topological polar surface area (TPSA) is 92.5 Å². The van der Waals surface area contributed by atoms with E-state index >= 15 is 0 Å². The summed E-state index contributed by atoms with van der Waals surface area (Å²) in [4.78, 5) is 11.8. The molecule has 3 aromatic rings. The predicted octanol–water partition coefficient (Wildman–Crippen LogP) is 2.82. The number of aliphatic carboxylic acids is 1. The van der Waals surface area contributed by atoms with Crippen LogP contribution in [0.1, 0.15) is 25.5 Å². The number of para-hydroxylation sites is 1. The Morgan fingerprint density at radius 3 is 2.67 bits per heavy atom. The van der Waals surface area contributed by atoms with Gasteiger partial charge in [-0.3, -0.25) is 8.99 Å². The molecule has 0 aliphatic carbocycles. The van der Waals surface area contributed by atoms with Gasteiger partial charge in [-0.2, -0.15) is 5.10 Å². The molecule has 1 N–H and O–H groups in total. The lowest BCUT2D eigenvalue weighted by molar-refractivity contribution is -0.138. The molecule has 0 spiro atoms. The third-order valence-corrected chi connectivity index (χ3v) is 6.64. The van der Waals surface area contributed by atoms with Crippen LogP contribution in [-0.2, 0) is 21.2 Å². The van der Waals surface area contributed by atoms with Crippen molar-refractivity contribution in [2.24, 2.45) is 0 Å². The van der Waals surface area contributed by atoms with Crippen molar-refractivity contribution in [3.63, 3.8) is 0 Å². The van der Waals surface area contributed by atoms with Gasteiger partial charge in [0.05, 0.1) is 22.3 Å². The molecule has 4 rings (SSSR count). The highest BCUT2D eigenvalue weighted by Gasteiger charge is 2.42. The van der Waals surface area contributed by atoms with E-state index in [4.69, 9.17) is 0 Å². The van der Waals surface area contributed by atoms with Crippen LogP contribution in [0.5, 0.6) is 0 Å². The number of benzene rings is 2. The molecule has 0 fully saturated rings. The van der Waals surface area contributed by atoms with E-state index in [0.717, 1.165) is 9.82 Å². The summed E-state index contributed by atoms with van der Waals surface area (Å²) in [6.45, 7) is 3.99. The van der Waals surface area contributed by atoms with E-state index in [9.17, 15) is 18.3 Å². The lowest BCUT2D eigenvalue weighted by Crippen LogP contribution is -2.42. The summed E-state index contributed by atoms with van der Waals surface area (Å²) in [5.41, 5.74) is 1.96. The number of carboxylic acid groups (broad SMARTS) is 1.